The van der Waals surface area contributed by atoms with E-state index in [1.807, 2.05) is 33.9 Å². The molecule has 2 aromatic carbocycles. The molecule has 1 N–H and O–H groups in total. The minimum atomic E-state index is -2.00. The van der Waals surface area contributed by atoms with Crippen LogP contribution in [-0.2, 0) is 30.3 Å². The third-order valence-corrected chi connectivity index (χ3v) is 13.5. The van der Waals surface area contributed by atoms with Crippen LogP contribution in [-0.4, -0.2) is 29.1 Å². The molecule has 0 bridgehead atoms. The van der Waals surface area contributed by atoms with Crippen molar-refractivity contribution in [1.82, 2.24) is 4.98 Å². The van der Waals surface area contributed by atoms with E-state index in [-0.39, 0.29) is 48.9 Å². The van der Waals surface area contributed by atoms with E-state index in [1.54, 1.807) is 11.3 Å². The summed E-state index contributed by atoms with van der Waals surface area (Å²) in [4.78, 5) is 16.5. The van der Waals surface area contributed by atoms with Crippen LogP contribution in [0.5, 0.6) is 0 Å². The average molecular weight is 878 g/mol. The van der Waals surface area contributed by atoms with Gasteiger partial charge in [-0.05, 0) is 25.7 Å². The Labute approximate surface area is 295 Å². The summed E-state index contributed by atoms with van der Waals surface area (Å²) < 4.78 is 10.0. The van der Waals surface area contributed by atoms with Crippen LogP contribution < -0.4 is 4.59 Å². The smallest absolute Gasteiger partial charge is 0.162 e. The number of carbonyl (C=O) groups excluding carboxylic acids is 1. The van der Waals surface area contributed by atoms with E-state index in [9.17, 15) is 9.90 Å². The maximum atomic E-state index is 11.7. The molecular weight excluding hydrogens is 827 g/mol. The summed E-state index contributed by atoms with van der Waals surface area (Å²) >= 11 is -0.211. The molecule has 5 aromatic rings. The Morgan fingerprint density at radius 2 is 1.61 bits per heavy atom. The summed E-state index contributed by atoms with van der Waals surface area (Å²) in [5, 5.41) is 13.3. The Bertz CT molecular complexity index is 1810. The largest absolute Gasteiger partial charge is 0.512 e. The minimum absolute atomic E-state index is 0. The zero-order chi connectivity index (χ0) is 33.1. The Hall–Kier alpha value is -2.25. The van der Waals surface area contributed by atoms with E-state index < -0.39 is 13.3 Å². The van der Waals surface area contributed by atoms with Crippen LogP contribution in [0, 0.1) is 17.9 Å². The molecule has 0 amide bonds. The van der Waals surface area contributed by atoms with E-state index in [1.165, 1.54) is 31.0 Å². The van der Waals surface area contributed by atoms with Crippen molar-refractivity contribution in [2.45, 2.75) is 96.8 Å². The Balaban J connectivity index is 0.000000309. The Morgan fingerprint density at radius 3 is 2.20 bits per heavy atom. The number of furan rings is 1. The van der Waals surface area contributed by atoms with Crippen molar-refractivity contribution in [3.8, 4) is 11.3 Å². The van der Waals surface area contributed by atoms with E-state index in [2.05, 4.69) is 86.6 Å². The standard InChI is InChI=1S/C26H26GeNOS.C13H24O2.Ir/c1-26(2,3)20-14-17(13-16-9-7-8-10-18(16)20)23-25-19(11-12-28-23)24-21(30-25)15-22(29-24)27(4,5)6;1-5-10(6-2)12(14)9-13(15)11(7-3)8-4;/h7-12,14-15H,1-6H3;9-11,14H,5-8H2,1-4H3;/q-1;;/b;12-9-;. The summed E-state index contributed by atoms with van der Waals surface area (Å²) in [6.07, 6.45) is 6.81. The fraction of sp³-hybridized carbons (Fsp3) is 0.436. The van der Waals surface area contributed by atoms with Crippen LogP contribution in [0.2, 0.25) is 17.3 Å². The van der Waals surface area contributed by atoms with Crippen LogP contribution in [0.3, 0.4) is 0 Å². The number of aliphatic hydroxyl groups is 1. The molecule has 3 heterocycles. The van der Waals surface area contributed by atoms with Gasteiger partial charge in [-0.25, -0.2) is 0 Å². The topological polar surface area (TPSA) is 63.3 Å². The number of hydrogen-bond donors (Lipinski definition) is 1. The summed E-state index contributed by atoms with van der Waals surface area (Å²) in [5.41, 5.74) is 4.44. The van der Waals surface area contributed by atoms with Crippen LogP contribution in [0.1, 0.15) is 79.7 Å². The number of rotatable bonds is 9. The number of aromatic nitrogens is 1. The Kier molecular flexibility index (Phi) is 13.1. The fourth-order valence-corrected chi connectivity index (χ4v) is 9.24. The zero-order valence-corrected chi connectivity index (χ0v) is 34.4. The maximum Gasteiger partial charge on any atom is 0.162 e. The fourth-order valence-electron chi connectivity index (χ4n) is 5.80. The minimum Gasteiger partial charge on any atom is -0.512 e. The SMILES string of the molecule is CC(C)(C)c1cc(-c2nccc3c2sc2c[c]([Ge]([CH3])([CH3])[CH3])oc23)[c-]c2ccccc12.CCC(CC)C(=O)/C=C(\O)C(CC)CC.[Ir]. The molecule has 0 saturated carbocycles. The normalized spacial score (nSPS) is 12.6. The van der Waals surface area contributed by atoms with Gasteiger partial charge in [0.1, 0.15) is 0 Å². The second-order valence-corrected chi connectivity index (χ2v) is 25.6. The van der Waals surface area contributed by atoms with Crippen LogP contribution in [0.4, 0.5) is 0 Å². The van der Waals surface area contributed by atoms with Gasteiger partial charge in [-0.3, -0.25) is 4.79 Å². The first-order valence-electron chi connectivity index (χ1n) is 16.4. The van der Waals surface area contributed by atoms with Crippen LogP contribution in [0.15, 0.2) is 64.9 Å². The molecule has 0 spiro atoms. The van der Waals surface area contributed by atoms with E-state index in [4.69, 9.17) is 9.40 Å². The first kappa shape index (κ1) is 38.2. The van der Waals surface area contributed by atoms with Crippen molar-refractivity contribution >= 4 is 66.1 Å². The van der Waals surface area contributed by atoms with E-state index in [0.29, 0.717) is 0 Å². The molecule has 0 aliphatic carbocycles. The number of pyridine rings is 1. The van der Waals surface area contributed by atoms with Gasteiger partial charge in [-0.15, -0.1) is 0 Å². The third kappa shape index (κ3) is 8.42. The molecule has 0 unspecified atom stereocenters. The summed E-state index contributed by atoms with van der Waals surface area (Å²) in [6.45, 7) is 14.9. The first-order chi connectivity index (χ1) is 21.2. The van der Waals surface area contributed by atoms with Gasteiger partial charge in [0.2, 0.25) is 0 Å². The second kappa shape index (κ2) is 15.8. The monoisotopic (exact) mass is 879 g/mol. The van der Waals surface area contributed by atoms with Crippen molar-refractivity contribution < 1.29 is 34.4 Å². The van der Waals surface area contributed by atoms with Crippen molar-refractivity contribution in [2.24, 2.45) is 11.8 Å². The molecule has 1 radical (unpaired) electrons. The van der Waals surface area contributed by atoms with Gasteiger partial charge < -0.3 is 5.11 Å². The Morgan fingerprint density at radius 1 is 0.978 bits per heavy atom. The molecule has 5 rings (SSSR count). The summed E-state index contributed by atoms with van der Waals surface area (Å²) in [7, 11) is 0. The molecular formula is C39H50GeIrNO3S-. The van der Waals surface area contributed by atoms with Crippen molar-refractivity contribution in [2.75, 3.05) is 0 Å². The number of hydrogen-bond acceptors (Lipinski definition) is 5. The molecule has 46 heavy (non-hydrogen) atoms. The molecule has 0 saturated heterocycles. The van der Waals surface area contributed by atoms with Crippen molar-refractivity contribution in [1.29, 1.82) is 0 Å². The number of thiophene rings is 1. The zero-order valence-electron chi connectivity index (χ0n) is 29.1. The third-order valence-electron chi connectivity index (χ3n) is 8.72. The van der Waals surface area contributed by atoms with Gasteiger partial charge in [0.05, 0.1) is 5.76 Å². The first-order valence-corrected chi connectivity index (χ1v) is 24.6. The molecule has 0 fully saturated rings. The predicted octanol–water partition coefficient (Wildman–Crippen LogP) is 11.4. The summed E-state index contributed by atoms with van der Waals surface area (Å²) in [5.74, 6) is 7.66. The van der Waals surface area contributed by atoms with Gasteiger partial charge in [0, 0.05) is 38.0 Å². The number of nitrogens with zero attached hydrogens (tertiary/aromatic N) is 1. The van der Waals surface area contributed by atoms with E-state index >= 15 is 0 Å². The van der Waals surface area contributed by atoms with Crippen LogP contribution in [0.25, 0.3) is 42.4 Å². The molecule has 3 aromatic heterocycles. The van der Waals surface area contributed by atoms with Gasteiger partial charge in [0.25, 0.3) is 0 Å². The second-order valence-electron chi connectivity index (χ2n) is 14.1. The van der Waals surface area contributed by atoms with Gasteiger partial charge in [0.15, 0.2) is 5.78 Å². The quantitative estimate of drug-likeness (QED) is 0.0693. The number of carbonyl (C=O) groups is 1. The molecule has 0 aliphatic heterocycles. The van der Waals surface area contributed by atoms with Crippen molar-refractivity contribution in [3.63, 3.8) is 0 Å². The molecule has 0 atom stereocenters. The summed E-state index contributed by atoms with van der Waals surface area (Å²) in [6, 6.07) is 18.8. The van der Waals surface area contributed by atoms with Crippen molar-refractivity contribution in [3.05, 3.63) is 72.1 Å². The van der Waals surface area contributed by atoms with Gasteiger partial charge in [-0.2, -0.15) is 0 Å². The maximum absolute atomic E-state index is 11.7. The molecule has 249 valence electrons. The number of fused-ring (bicyclic) bond motifs is 4. The van der Waals surface area contributed by atoms with Gasteiger partial charge in [-0.1, -0.05) is 27.7 Å². The van der Waals surface area contributed by atoms with Crippen LogP contribution >= 0.6 is 11.3 Å². The molecule has 4 nitrogen and oxygen atoms in total. The molecule has 0 aliphatic rings. The molecule has 7 heteroatoms. The number of benzene rings is 2. The van der Waals surface area contributed by atoms with E-state index in [0.717, 1.165) is 53.3 Å². The average Bonchev–Trinajstić information content (AvgIpc) is 3.57. The van der Waals surface area contributed by atoms with Gasteiger partial charge >= 0.3 is 185 Å². The number of ketones is 1. The predicted molar refractivity (Wildman–Crippen MR) is 197 cm³/mol. The number of allylic oxidation sites excluding steroid dienone is 2. The number of aliphatic hydroxyl groups excluding tert-OH is 1.